The highest BCUT2D eigenvalue weighted by atomic mass is 16.5. The van der Waals surface area contributed by atoms with Crippen LogP contribution in [0.2, 0.25) is 0 Å². The van der Waals surface area contributed by atoms with Crippen molar-refractivity contribution in [2.24, 2.45) is 5.92 Å². The van der Waals surface area contributed by atoms with Crippen LogP contribution in [0.5, 0.6) is 11.5 Å². The average Bonchev–Trinajstić information content (AvgIpc) is 2.84. The molecule has 2 amide bonds. The lowest BCUT2D eigenvalue weighted by atomic mass is 9.96. The highest BCUT2D eigenvalue weighted by Crippen LogP contribution is 2.25. The Hall–Kier alpha value is -3.67. The van der Waals surface area contributed by atoms with Crippen LogP contribution in [0.3, 0.4) is 0 Å². The van der Waals surface area contributed by atoms with Crippen LogP contribution in [0.25, 0.3) is 0 Å². The molecule has 0 aliphatic carbocycles. The SMILES string of the molecule is O=C(NCC1CCN(C(=O)c2cccnc2)CC1)c1ccccc1Oc1ccccc1. The number of benzene rings is 2. The average molecular weight is 415 g/mol. The molecule has 6 heteroatoms. The fraction of sp³-hybridized carbons (Fsp3) is 0.240. The van der Waals surface area contributed by atoms with Gasteiger partial charge in [0.15, 0.2) is 0 Å². The van der Waals surface area contributed by atoms with E-state index < -0.39 is 0 Å². The number of carbonyl (C=O) groups is 2. The van der Waals surface area contributed by atoms with Crippen LogP contribution in [0.15, 0.2) is 79.1 Å². The Balaban J connectivity index is 1.30. The predicted molar refractivity (Wildman–Crippen MR) is 118 cm³/mol. The van der Waals surface area contributed by atoms with Crippen molar-refractivity contribution < 1.29 is 14.3 Å². The van der Waals surface area contributed by atoms with Crippen molar-refractivity contribution in [1.82, 2.24) is 15.2 Å². The minimum Gasteiger partial charge on any atom is -0.457 e. The molecule has 1 saturated heterocycles. The fourth-order valence-electron chi connectivity index (χ4n) is 3.70. The van der Waals surface area contributed by atoms with Gasteiger partial charge in [0.2, 0.25) is 0 Å². The molecule has 1 fully saturated rings. The lowest BCUT2D eigenvalue weighted by Crippen LogP contribution is -2.41. The molecule has 0 saturated carbocycles. The highest BCUT2D eigenvalue weighted by Gasteiger charge is 2.24. The van der Waals surface area contributed by atoms with Gasteiger partial charge < -0.3 is 15.0 Å². The van der Waals surface area contributed by atoms with E-state index in [0.717, 1.165) is 12.8 Å². The van der Waals surface area contributed by atoms with Gasteiger partial charge in [0.1, 0.15) is 11.5 Å². The van der Waals surface area contributed by atoms with Crippen LogP contribution in [-0.4, -0.2) is 41.3 Å². The van der Waals surface area contributed by atoms with Crippen molar-refractivity contribution in [3.8, 4) is 11.5 Å². The zero-order valence-electron chi connectivity index (χ0n) is 17.2. The number of carbonyl (C=O) groups excluding carboxylic acids is 2. The van der Waals surface area contributed by atoms with E-state index >= 15 is 0 Å². The van der Waals surface area contributed by atoms with Crippen LogP contribution in [-0.2, 0) is 0 Å². The quantitative estimate of drug-likeness (QED) is 0.656. The Kier molecular flexibility index (Phi) is 6.57. The number of ether oxygens (including phenoxy) is 1. The normalized spacial score (nSPS) is 14.1. The highest BCUT2D eigenvalue weighted by molar-refractivity contribution is 5.97. The van der Waals surface area contributed by atoms with Gasteiger partial charge in [-0.15, -0.1) is 0 Å². The molecule has 0 spiro atoms. The lowest BCUT2D eigenvalue weighted by Gasteiger charge is -2.32. The molecule has 6 nitrogen and oxygen atoms in total. The molecule has 0 unspecified atom stereocenters. The second-order valence-corrected chi connectivity index (χ2v) is 7.60. The number of nitrogens with one attached hydrogen (secondary N) is 1. The third kappa shape index (κ3) is 5.28. The minimum atomic E-state index is -0.152. The maximum absolute atomic E-state index is 12.8. The molecule has 31 heavy (non-hydrogen) atoms. The van der Waals surface area contributed by atoms with Gasteiger partial charge in [0, 0.05) is 32.0 Å². The van der Waals surface area contributed by atoms with Gasteiger partial charge in [-0.3, -0.25) is 14.6 Å². The Morgan fingerprint density at radius 1 is 0.968 bits per heavy atom. The number of hydrogen-bond donors (Lipinski definition) is 1. The fourth-order valence-corrected chi connectivity index (χ4v) is 3.70. The summed E-state index contributed by atoms with van der Waals surface area (Å²) in [6.45, 7) is 1.94. The standard InChI is InChI=1S/C25H25N3O3/c29-24(22-10-4-5-11-23(22)31-21-8-2-1-3-9-21)27-17-19-12-15-28(16-13-19)25(30)20-7-6-14-26-18-20/h1-11,14,18-19H,12-13,15-17H2,(H,27,29). The van der Waals surface area contributed by atoms with Crippen LogP contribution < -0.4 is 10.1 Å². The first-order valence-electron chi connectivity index (χ1n) is 10.5. The molecule has 3 aromatic rings. The molecule has 1 aromatic heterocycles. The number of para-hydroxylation sites is 2. The summed E-state index contributed by atoms with van der Waals surface area (Å²) in [5.74, 6) is 1.42. The Bertz CT molecular complexity index is 1020. The summed E-state index contributed by atoms with van der Waals surface area (Å²) < 4.78 is 5.89. The van der Waals surface area contributed by atoms with Crippen molar-refractivity contribution in [1.29, 1.82) is 0 Å². The first kappa shape index (κ1) is 20.6. The monoisotopic (exact) mass is 415 g/mol. The Morgan fingerprint density at radius 2 is 1.71 bits per heavy atom. The third-order valence-corrected chi connectivity index (χ3v) is 5.46. The maximum Gasteiger partial charge on any atom is 0.255 e. The summed E-state index contributed by atoms with van der Waals surface area (Å²) >= 11 is 0. The lowest BCUT2D eigenvalue weighted by molar-refractivity contribution is 0.0683. The largest absolute Gasteiger partial charge is 0.457 e. The zero-order chi connectivity index (χ0) is 21.5. The Labute approximate surface area is 181 Å². The summed E-state index contributed by atoms with van der Waals surface area (Å²) in [5, 5.41) is 3.04. The van der Waals surface area contributed by atoms with Gasteiger partial charge in [-0.1, -0.05) is 30.3 Å². The molecule has 2 aromatic carbocycles. The molecule has 158 valence electrons. The molecular formula is C25H25N3O3. The number of hydrogen-bond acceptors (Lipinski definition) is 4. The van der Waals surface area contributed by atoms with Crippen molar-refractivity contribution in [3.63, 3.8) is 0 Å². The number of piperidine rings is 1. The number of pyridine rings is 1. The van der Waals surface area contributed by atoms with Crippen molar-refractivity contribution in [3.05, 3.63) is 90.3 Å². The molecule has 0 radical (unpaired) electrons. The third-order valence-electron chi connectivity index (χ3n) is 5.46. The summed E-state index contributed by atoms with van der Waals surface area (Å²) in [5.41, 5.74) is 1.12. The van der Waals surface area contributed by atoms with E-state index in [9.17, 15) is 9.59 Å². The molecule has 1 aliphatic heterocycles. The van der Waals surface area contributed by atoms with Crippen LogP contribution in [0.1, 0.15) is 33.6 Å². The maximum atomic E-state index is 12.8. The van der Waals surface area contributed by atoms with Crippen molar-refractivity contribution in [2.75, 3.05) is 19.6 Å². The number of nitrogens with zero attached hydrogens (tertiary/aromatic N) is 2. The summed E-state index contributed by atoms with van der Waals surface area (Å²) in [7, 11) is 0. The molecule has 1 aliphatic rings. The van der Waals surface area contributed by atoms with E-state index in [1.807, 2.05) is 47.4 Å². The smallest absolute Gasteiger partial charge is 0.255 e. The van der Waals surface area contributed by atoms with Gasteiger partial charge in [0.05, 0.1) is 11.1 Å². The van der Waals surface area contributed by atoms with Gasteiger partial charge in [-0.05, 0) is 55.2 Å². The number of aromatic nitrogens is 1. The number of likely N-dealkylation sites (tertiary alicyclic amines) is 1. The molecule has 0 bridgehead atoms. The number of amides is 2. The summed E-state index contributed by atoms with van der Waals surface area (Å²) in [6.07, 6.45) is 4.97. The van der Waals surface area contributed by atoms with E-state index in [0.29, 0.717) is 48.2 Å². The van der Waals surface area contributed by atoms with Crippen LogP contribution in [0.4, 0.5) is 0 Å². The predicted octanol–water partition coefficient (Wildman–Crippen LogP) is 4.16. The van der Waals surface area contributed by atoms with E-state index in [1.165, 1.54) is 0 Å². The number of rotatable bonds is 6. The van der Waals surface area contributed by atoms with E-state index in [2.05, 4.69) is 10.3 Å². The van der Waals surface area contributed by atoms with Gasteiger partial charge in [0.25, 0.3) is 11.8 Å². The zero-order valence-corrected chi connectivity index (χ0v) is 17.2. The van der Waals surface area contributed by atoms with E-state index in [4.69, 9.17) is 4.74 Å². The second kappa shape index (κ2) is 9.89. The van der Waals surface area contributed by atoms with Crippen LogP contribution in [0, 0.1) is 5.92 Å². The van der Waals surface area contributed by atoms with Gasteiger partial charge >= 0.3 is 0 Å². The second-order valence-electron chi connectivity index (χ2n) is 7.60. The molecule has 0 atom stereocenters. The summed E-state index contributed by atoms with van der Waals surface area (Å²) in [6, 6.07) is 20.2. The van der Waals surface area contributed by atoms with E-state index in [-0.39, 0.29) is 11.8 Å². The van der Waals surface area contributed by atoms with Crippen molar-refractivity contribution >= 4 is 11.8 Å². The summed E-state index contributed by atoms with van der Waals surface area (Å²) in [4.78, 5) is 31.2. The molecule has 1 N–H and O–H groups in total. The van der Waals surface area contributed by atoms with Gasteiger partial charge in [-0.25, -0.2) is 0 Å². The van der Waals surface area contributed by atoms with E-state index in [1.54, 1.807) is 36.7 Å². The topological polar surface area (TPSA) is 71.5 Å². The van der Waals surface area contributed by atoms with Gasteiger partial charge in [-0.2, -0.15) is 0 Å². The minimum absolute atomic E-state index is 0.0163. The first-order valence-corrected chi connectivity index (χ1v) is 10.5. The molecule has 2 heterocycles. The Morgan fingerprint density at radius 3 is 2.45 bits per heavy atom. The molecular weight excluding hydrogens is 390 g/mol. The first-order chi connectivity index (χ1) is 15.2. The van der Waals surface area contributed by atoms with Crippen LogP contribution >= 0.6 is 0 Å². The van der Waals surface area contributed by atoms with Crippen molar-refractivity contribution in [2.45, 2.75) is 12.8 Å². The molecule has 4 rings (SSSR count).